The molecule has 0 saturated carbocycles. The van der Waals surface area contributed by atoms with Crippen LogP contribution in [0.2, 0.25) is 0 Å². The molecule has 0 heterocycles. The maximum absolute atomic E-state index is 12.1. The highest BCUT2D eigenvalue weighted by molar-refractivity contribution is 5.89. The number of hydrogen-bond acceptors (Lipinski definition) is 3. The number of carbonyl (C=O) groups excluding carboxylic acids is 1. The first-order chi connectivity index (χ1) is 12.7. The smallest absolute Gasteiger partial charge is 0.338 e. The first kappa shape index (κ1) is 16.4. The van der Waals surface area contributed by atoms with Crippen LogP contribution in [0.25, 0.3) is 0 Å². The van der Waals surface area contributed by atoms with Crippen LogP contribution in [-0.2, 0) is 17.8 Å². The third kappa shape index (κ3) is 3.21. The van der Waals surface area contributed by atoms with Crippen LogP contribution in [0.5, 0.6) is 5.75 Å². The van der Waals surface area contributed by atoms with Crippen LogP contribution in [0.15, 0.2) is 72.8 Å². The molecule has 0 aromatic heterocycles. The lowest BCUT2D eigenvalue weighted by atomic mass is 9.92. The van der Waals surface area contributed by atoms with E-state index in [4.69, 9.17) is 4.74 Å². The van der Waals surface area contributed by atoms with E-state index in [1.54, 1.807) is 30.3 Å². The Bertz CT molecular complexity index is 931. The fraction of sp³-hybridized carbons (Fsp3) is 0.174. The fourth-order valence-corrected chi connectivity index (χ4v) is 3.64. The lowest BCUT2D eigenvalue weighted by molar-refractivity contribution is 0.0470. The number of aromatic hydroxyl groups is 1. The SMILES string of the molecule is O=C(OCc1cc(C2CCc3ccccc32)ccc1O)c1ccccc1. The second-order valence-corrected chi connectivity index (χ2v) is 6.62. The summed E-state index contributed by atoms with van der Waals surface area (Å²) in [7, 11) is 0. The molecule has 3 nitrogen and oxygen atoms in total. The van der Waals surface area contributed by atoms with Crippen molar-refractivity contribution in [1.82, 2.24) is 0 Å². The van der Waals surface area contributed by atoms with E-state index in [1.807, 2.05) is 18.2 Å². The third-order valence-corrected chi connectivity index (χ3v) is 5.01. The molecule has 130 valence electrons. The van der Waals surface area contributed by atoms with E-state index >= 15 is 0 Å². The zero-order chi connectivity index (χ0) is 17.9. The van der Waals surface area contributed by atoms with Crippen LogP contribution in [-0.4, -0.2) is 11.1 Å². The molecule has 0 fully saturated rings. The molecule has 1 unspecified atom stereocenters. The molecule has 3 aromatic rings. The van der Waals surface area contributed by atoms with Crippen LogP contribution < -0.4 is 0 Å². The first-order valence-electron chi connectivity index (χ1n) is 8.84. The predicted molar refractivity (Wildman–Crippen MR) is 100 cm³/mol. The second-order valence-electron chi connectivity index (χ2n) is 6.62. The molecule has 1 aliphatic rings. The van der Waals surface area contributed by atoms with Gasteiger partial charge in [0.05, 0.1) is 5.56 Å². The van der Waals surface area contributed by atoms with Crippen molar-refractivity contribution in [2.75, 3.05) is 0 Å². The molecule has 0 radical (unpaired) electrons. The highest BCUT2D eigenvalue weighted by atomic mass is 16.5. The molecule has 3 aromatic carbocycles. The van der Waals surface area contributed by atoms with Crippen LogP contribution in [0.4, 0.5) is 0 Å². The molecular formula is C23H20O3. The summed E-state index contributed by atoms with van der Waals surface area (Å²) < 4.78 is 5.38. The molecule has 0 bridgehead atoms. The Morgan fingerprint density at radius 2 is 1.77 bits per heavy atom. The largest absolute Gasteiger partial charge is 0.508 e. The molecule has 3 heteroatoms. The van der Waals surface area contributed by atoms with Gasteiger partial charge in [-0.2, -0.15) is 0 Å². The van der Waals surface area contributed by atoms with Gasteiger partial charge in [0.1, 0.15) is 12.4 Å². The van der Waals surface area contributed by atoms with E-state index in [0.717, 1.165) is 18.4 Å². The van der Waals surface area contributed by atoms with Gasteiger partial charge in [0.25, 0.3) is 0 Å². The van der Waals surface area contributed by atoms with Crippen LogP contribution in [0.1, 0.15) is 45.0 Å². The number of benzene rings is 3. The van der Waals surface area contributed by atoms with Crippen molar-refractivity contribution in [3.05, 3.63) is 101 Å². The topological polar surface area (TPSA) is 46.5 Å². The number of phenols is 1. The quantitative estimate of drug-likeness (QED) is 0.690. The van der Waals surface area contributed by atoms with E-state index in [-0.39, 0.29) is 18.3 Å². The molecule has 0 aliphatic heterocycles. The Balaban J connectivity index is 1.53. The van der Waals surface area contributed by atoms with Gasteiger partial charge < -0.3 is 9.84 Å². The molecule has 26 heavy (non-hydrogen) atoms. The van der Waals surface area contributed by atoms with Gasteiger partial charge in [0, 0.05) is 11.5 Å². The third-order valence-electron chi connectivity index (χ3n) is 5.01. The van der Waals surface area contributed by atoms with E-state index in [9.17, 15) is 9.90 Å². The lowest BCUT2D eigenvalue weighted by Gasteiger charge is -2.15. The van der Waals surface area contributed by atoms with Gasteiger partial charge in [0.15, 0.2) is 0 Å². The Morgan fingerprint density at radius 3 is 2.62 bits per heavy atom. The second kappa shape index (κ2) is 7.04. The van der Waals surface area contributed by atoms with Gasteiger partial charge in [-0.15, -0.1) is 0 Å². The van der Waals surface area contributed by atoms with Gasteiger partial charge in [-0.05, 0) is 53.8 Å². The summed E-state index contributed by atoms with van der Waals surface area (Å²) in [5.41, 5.74) is 5.04. The standard InChI is InChI=1S/C23H20O3/c24-22-13-11-18(21-12-10-16-6-4-5-9-20(16)21)14-19(22)15-26-23(25)17-7-2-1-3-8-17/h1-9,11,13-14,21,24H,10,12,15H2. The number of rotatable bonds is 4. The van der Waals surface area contributed by atoms with Crippen molar-refractivity contribution >= 4 is 5.97 Å². The zero-order valence-corrected chi connectivity index (χ0v) is 14.4. The van der Waals surface area contributed by atoms with E-state index in [2.05, 4.69) is 24.3 Å². The Kier molecular flexibility index (Phi) is 4.44. The van der Waals surface area contributed by atoms with Crippen molar-refractivity contribution < 1.29 is 14.6 Å². The lowest BCUT2D eigenvalue weighted by Crippen LogP contribution is -2.06. The number of esters is 1. The minimum absolute atomic E-state index is 0.0573. The molecule has 0 saturated heterocycles. The Morgan fingerprint density at radius 1 is 1.00 bits per heavy atom. The molecule has 1 atom stereocenters. The van der Waals surface area contributed by atoms with Gasteiger partial charge in [-0.3, -0.25) is 0 Å². The summed E-state index contributed by atoms with van der Waals surface area (Å²) in [6, 6.07) is 23.0. The average Bonchev–Trinajstić information content (AvgIpc) is 3.12. The number of carbonyl (C=O) groups is 1. The maximum Gasteiger partial charge on any atom is 0.338 e. The van der Waals surface area contributed by atoms with Gasteiger partial charge in [0.2, 0.25) is 0 Å². The minimum atomic E-state index is -0.387. The maximum atomic E-state index is 12.1. The van der Waals surface area contributed by atoms with Crippen LogP contribution >= 0.6 is 0 Å². The summed E-state index contributed by atoms with van der Waals surface area (Å²) in [6.45, 7) is 0.0573. The van der Waals surface area contributed by atoms with Crippen molar-refractivity contribution in [3.8, 4) is 5.75 Å². The monoisotopic (exact) mass is 344 g/mol. The van der Waals surface area contributed by atoms with Gasteiger partial charge >= 0.3 is 5.97 Å². The summed E-state index contributed by atoms with van der Waals surface area (Å²) in [5, 5.41) is 10.2. The molecule has 1 N–H and O–H groups in total. The number of phenolic OH excluding ortho intramolecular Hbond substituents is 1. The summed E-state index contributed by atoms with van der Waals surface area (Å²) in [5.74, 6) is 0.0953. The molecule has 0 spiro atoms. The Labute approximate surface area is 152 Å². The highest BCUT2D eigenvalue weighted by Crippen LogP contribution is 2.39. The number of fused-ring (bicyclic) bond motifs is 1. The van der Waals surface area contributed by atoms with E-state index in [0.29, 0.717) is 17.0 Å². The molecule has 1 aliphatic carbocycles. The summed E-state index contributed by atoms with van der Waals surface area (Å²) >= 11 is 0. The van der Waals surface area contributed by atoms with Crippen molar-refractivity contribution in [2.45, 2.75) is 25.4 Å². The van der Waals surface area contributed by atoms with E-state index in [1.165, 1.54) is 11.1 Å². The number of ether oxygens (including phenoxy) is 1. The van der Waals surface area contributed by atoms with Crippen molar-refractivity contribution in [2.24, 2.45) is 0 Å². The van der Waals surface area contributed by atoms with E-state index < -0.39 is 0 Å². The fourth-order valence-electron chi connectivity index (χ4n) is 3.64. The van der Waals surface area contributed by atoms with Gasteiger partial charge in [-0.1, -0.05) is 48.5 Å². The number of aryl methyl sites for hydroxylation is 1. The predicted octanol–water partition coefficient (Wildman–Crippen LogP) is 4.83. The minimum Gasteiger partial charge on any atom is -0.508 e. The summed E-state index contributed by atoms with van der Waals surface area (Å²) in [4.78, 5) is 12.1. The molecule has 0 amide bonds. The van der Waals surface area contributed by atoms with Crippen LogP contribution in [0, 0.1) is 0 Å². The molecule has 4 rings (SSSR count). The van der Waals surface area contributed by atoms with Crippen molar-refractivity contribution in [3.63, 3.8) is 0 Å². The highest BCUT2D eigenvalue weighted by Gasteiger charge is 2.24. The summed E-state index contributed by atoms with van der Waals surface area (Å²) in [6.07, 6.45) is 2.13. The Hall–Kier alpha value is -3.07. The van der Waals surface area contributed by atoms with Gasteiger partial charge in [-0.25, -0.2) is 4.79 Å². The number of hydrogen-bond donors (Lipinski definition) is 1. The average molecular weight is 344 g/mol. The molecular weight excluding hydrogens is 324 g/mol. The van der Waals surface area contributed by atoms with Crippen molar-refractivity contribution in [1.29, 1.82) is 0 Å². The zero-order valence-electron chi connectivity index (χ0n) is 14.4. The normalized spacial score (nSPS) is 15.5. The van der Waals surface area contributed by atoms with Crippen LogP contribution in [0.3, 0.4) is 0 Å². The first-order valence-corrected chi connectivity index (χ1v) is 8.84.